The van der Waals surface area contributed by atoms with Crippen LogP contribution in [0.2, 0.25) is 0 Å². The zero-order valence-corrected chi connectivity index (χ0v) is 24.1. The molecule has 4 rings (SSSR count). The van der Waals surface area contributed by atoms with E-state index >= 15 is 0 Å². The van der Waals surface area contributed by atoms with E-state index in [-0.39, 0.29) is 11.8 Å². The molecular formula is C36H40N2O4. The Labute approximate surface area is 249 Å². The van der Waals surface area contributed by atoms with Crippen LogP contribution in [0, 0.1) is 0 Å². The average molecular weight is 565 g/mol. The van der Waals surface area contributed by atoms with Crippen molar-refractivity contribution in [1.29, 1.82) is 0 Å². The van der Waals surface area contributed by atoms with Gasteiger partial charge >= 0.3 is 0 Å². The minimum absolute atomic E-state index is 0.0430. The number of para-hydroxylation sites is 2. The van der Waals surface area contributed by atoms with E-state index in [4.69, 9.17) is 9.47 Å². The normalized spacial score (nSPS) is 10.6. The van der Waals surface area contributed by atoms with Gasteiger partial charge in [-0.1, -0.05) is 74.9 Å². The van der Waals surface area contributed by atoms with Crippen LogP contribution in [0.25, 0.3) is 0 Å². The molecule has 0 saturated carbocycles. The van der Waals surface area contributed by atoms with Crippen LogP contribution in [0.5, 0.6) is 23.0 Å². The maximum atomic E-state index is 12.3. The van der Waals surface area contributed by atoms with Crippen molar-refractivity contribution in [3.8, 4) is 23.0 Å². The molecule has 6 heteroatoms. The van der Waals surface area contributed by atoms with E-state index in [0.29, 0.717) is 12.8 Å². The Morgan fingerprint density at radius 1 is 0.405 bits per heavy atom. The Morgan fingerprint density at radius 3 is 1.07 bits per heavy atom. The summed E-state index contributed by atoms with van der Waals surface area (Å²) in [5.74, 6) is 3.12. The van der Waals surface area contributed by atoms with Gasteiger partial charge in [0, 0.05) is 24.2 Å². The number of unbranched alkanes of at least 4 members (excludes halogenated alkanes) is 7. The lowest BCUT2D eigenvalue weighted by atomic mass is 10.1. The molecule has 0 aliphatic carbocycles. The molecule has 0 aromatic heterocycles. The maximum absolute atomic E-state index is 12.3. The predicted octanol–water partition coefficient (Wildman–Crippen LogP) is 9.75. The van der Waals surface area contributed by atoms with Crippen LogP contribution in [0.3, 0.4) is 0 Å². The van der Waals surface area contributed by atoms with E-state index in [9.17, 15) is 9.59 Å². The molecule has 42 heavy (non-hydrogen) atoms. The average Bonchev–Trinajstić information content (AvgIpc) is 3.01. The van der Waals surface area contributed by atoms with Gasteiger partial charge in [0.1, 0.15) is 23.0 Å². The minimum atomic E-state index is 0.0430. The molecule has 0 aliphatic heterocycles. The van der Waals surface area contributed by atoms with E-state index in [0.717, 1.165) is 85.7 Å². The molecule has 0 bridgehead atoms. The number of hydrogen-bond donors (Lipinski definition) is 2. The molecule has 218 valence electrons. The Kier molecular flexibility index (Phi) is 12.5. The lowest BCUT2D eigenvalue weighted by Crippen LogP contribution is -2.11. The van der Waals surface area contributed by atoms with Crippen molar-refractivity contribution < 1.29 is 19.1 Å². The molecule has 0 aliphatic rings. The Hall–Kier alpha value is -4.58. The first-order valence-corrected chi connectivity index (χ1v) is 14.9. The second-order valence-electron chi connectivity index (χ2n) is 10.3. The predicted molar refractivity (Wildman–Crippen MR) is 169 cm³/mol. The first-order chi connectivity index (χ1) is 20.6. The summed E-state index contributed by atoms with van der Waals surface area (Å²) in [5, 5.41) is 5.92. The highest BCUT2D eigenvalue weighted by Gasteiger charge is 2.05. The summed E-state index contributed by atoms with van der Waals surface area (Å²) >= 11 is 0. The third kappa shape index (κ3) is 11.5. The summed E-state index contributed by atoms with van der Waals surface area (Å²) in [5.41, 5.74) is 1.56. The number of carbonyl (C=O) groups is 2. The van der Waals surface area contributed by atoms with E-state index in [1.54, 1.807) is 0 Å². The SMILES string of the molecule is O=C(CCCCCCCCCCC(=O)Nc1ccc(Oc2ccccc2)cc1)Nc1ccc(Oc2ccccc2)cc1. The van der Waals surface area contributed by atoms with Crippen LogP contribution >= 0.6 is 0 Å². The fraction of sp³-hybridized carbons (Fsp3) is 0.278. The number of amides is 2. The number of rotatable bonds is 17. The summed E-state index contributed by atoms with van der Waals surface area (Å²) in [6.45, 7) is 0. The van der Waals surface area contributed by atoms with Gasteiger partial charge in [0.2, 0.25) is 11.8 Å². The van der Waals surface area contributed by atoms with Gasteiger partial charge in [0.05, 0.1) is 0 Å². The molecular weight excluding hydrogens is 524 g/mol. The number of nitrogens with one attached hydrogen (secondary N) is 2. The third-order valence-corrected chi connectivity index (χ3v) is 6.79. The lowest BCUT2D eigenvalue weighted by Gasteiger charge is -2.08. The topological polar surface area (TPSA) is 76.7 Å². The third-order valence-electron chi connectivity index (χ3n) is 6.79. The molecule has 4 aromatic carbocycles. The second-order valence-corrected chi connectivity index (χ2v) is 10.3. The first-order valence-electron chi connectivity index (χ1n) is 14.9. The van der Waals surface area contributed by atoms with Crippen molar-refractivity contribution in [2.45, 2.75) is 64.2 Å². The fourth-order valence-corrected chi connectivity index (χ4v) is 4.54. The molecule has 0 spiro atoms. The number of carbonyl (C=O) groups excluding carboxylic acids is 2. The molecule has 0 fully saturated rings. The molecule has 2 amide bonds. The Morgan fingerprint density at radius 2 is 0.714 bits per heavy atom. The zero-order valence-electron chi connectivity index (χ0n) is 24.1. The zero-order chi connectivity index (χ0) is 29.2. The highest BCUT2D eigenvalue weighted by atomic mass is 16.5. The number of ether oxygens (including phenoxy) is 2. The van der Waals surface area contributed by atoms with E-state index in [1.807, 2.05) is 109 Å². The van der Waals surface area contributed by atoms with Gasteiger partial charge < -0.3 is 20.1 Å². The van der Waals surface area contributed by atoms with Crippen LogP contribution in [0.4, 0.5) is 11.4 Å². The quantitative estimate of drug-likeness (QED) is 0.125. The van der Waals surface area contributed by atoms with Crippen LogP contribution in [-0.4, -0.2) is 11.8 Å². The largest absolute Gasteiger partial charge is 0.457 e. The Balaban J connectivity index is 0.972. The van der Waals surface area contributed by atoms with Gasteiger partial charge in [-0.3, -0.25) is 9.59 Å². The van der Waals surface area contributed by atoms with E-state index in [2.05, 4.69) is 10.6 Å². The number of hydrogen-bond acceptors (Lipinski definition) is 4. The monoisotopic (exact) mass is 564 g/mol. The van der Waals surface area contributed by atoms with Crippen LogP contribution < -0.4 is 20.1 Å². The van der Waals surface area contributed by atoms with Gasteiger partial charge in [0.25, 0.3) is 0 Å². The maximum Gasteiger partial charge on any atom is 0.224 e. The van der Waals surface area contributed by atoms with Crippen molar-refractivity contribution in [2.75, 3.05) is 10.6 Å². The van der Waals surface area contributed by atoms with Crippen molar-refractivity contribution in [3.05, 3.63) is 109 Å². The smallest absolute Gasteiger partial charge is 0.224 e. The van der Waals surface area contributed by atoms with Crippen molar-refractivity contribution in [2.24, 2.45) is 0 Å². The second kappa shape index (κ2) is 17.3. The molecule has 0 heterocycles. The summed E-state index contributed by atoms with van der Waals surface area (Å²) in [7, 11) is 0. The molecule has 0 saturated heterocycles. The van der Waals surface area contributed by atoms with Gasteiger partial charge in [-0.25, -0.2) is 0 Å². The highest BCUT2D eigenvalue weighted by molar-refractivity contribution is 5.91. The van der Waals surface area contributed by atoms with Gasteiger partial charge in [-0.15, -0.1) is 0 Å². The van der Waals surface area contributed by atoms with E-state index in [1.165, 1.54) is 0 Å². The Bertz CT molecular complexity index is 1230. The summed E-state index contributed by atoms with van der Waals surface area (Å²) < 4.78 is 11.6. The summed E-state index contributed by atoms with van der Waals surface area (Å²) in [6.07, 6.45) is 9.51. The van der Waals surface area contributed by atoms with E-state index < -0.39 is 0 Å². The molecule has 0 atom stereocenters. The molecule has 2 N–H and O–H groups in total. The first kappa shape index (κ1) is 30.4. The molecule has 0 radical (unpaired) electrons. The summed E-state index contributed by atoms with van der Waals surface area (Å²) in [4.78, 5) is 24.5. The number of anilines is 2. The van der Waals surface area contributed by atoms with Gasteiger partial charge in [-0.2, -0.15) is 0 Å². The molecule has 0 unspecified atom stereocenters. The number of benzene rings is 4. The van der Waals surface area contributed by atoms with Gasteiger partial charge in [0.15, 0.2) is 0 Å². The highest BCUT2D eigenvalue weighted by Crippen LogP contribution is 2.24. The van der Waals surface area contributed by atoms with Crippen LogP contribution in [0.1, 0.15) is 64.2 Å². The minimum Gasteiger partial charge on any atom is -0.457 e. The van der Waals surface area contributed by atoms with Crippen LogP contribution in [-0.2, 0) is 9.59 Å². The molecule has 6 nitrogen and oxygen atoms in total. The van der Waals surface area contributed by atoms with Crippen LogP contribution in [0.15, 0.2) is 109 Å². The van der Waals surface area contributed by atoms with Crippen molar-refractivity contribution >= 4 is 23.2 Å². The fourth-order valence-electron chi connectivity index (χ4n) is 4.54. The lowest BCUT2D eigenvalue weighted by molar-refractivity contribution is -0.117. The summed E-state index contributed by atoms with van der Waals surface area (Å²) in [6, 6.07) is 34.1. The van der Waals surface area contributed by atoms with Crippen molar-refractivity contribution in [3.63, 3.8) is 0 Å². The molecule has 4 aromatic rings. The van der Waals surface area contributed by atoms with Crippen molar-refractivity contribution in [1.82, 2.24) is 0 Å². The van der Waals surface area contributed by atoms with Gasteiger partial charge in [-0.05, 0) is 85.6 Å². The standard InChI is InChI=1S/C36H40N2O4/c39-35(37-29-21-25-33(26-22-29)41-31-15-9-7-10-16-31)19-13-5-3-1-2-4-6-14-20-36(40)38-30-23-27-34(28-24-30)42-32-17-11-8-12-18-32/h7-12,15-18,21-28H,1-6,13-14,19-20H2,(H,37,39)(H,38,40).